The normalized spacial score (nSPS) is 26.5. The number of carboxylic acids is 1. The molecule has 0 aromatic carbocycles. The van der Waals surface area contributed by atoms with Crippen LogP contribution in [0.3, 0.4) is 0 Å². The quantitative estimate of drug-likeness (QED) is 0.818. The molecule has 1 aliphatic carbocycles. The van der Waals surface area contributed by atoms with Crippen LogP contribution in [0.2, 0.25) is 0 Å². The van der Waals surface area contributed by atoms with E-state index in [4.69, 9.17) is 5.11 Å². The second-order valence-corrected chi connectivity index (χ2v) is 6.54. The Bertz CT molecular complexity index is 430. The smallest absolute Gasteiger partial charge is 0.306 e. The molecule has 6 nitrogen and oxygen atoms in total. The molecule has 0 bridgehead atoms. The third-order valence-electron chi connectivity index (χ3n) is 5.05. The number of carbonyl (C=O) groups is 3. The van der Waals surface area contributed by atoms with Gasteiger partial charge in [0.2, 0.25) is 11.8 Å². The van der Waals surface area contributed by atoms with Gasteiger partial charge in [0, 0.05) is 32.5 Å². The van der Waals surface area contributed by atoms with Crippen molar-refractivity contribution in [2.45, 2.75) is 44.9 Å². The molecular weight excluding hydrogens is 284 g/mol. The van der Waals surface area contributed by atoms with Gasteiger partial charge in [-0.25, -0.2) is 0 Å². The number of rotatable bonds is 4. The summed E-state index contributed by atoms with van der Waals surface area (Å²) in [6, 6.07) is 0. The molecule has 2 unspecified atom stereocenters. The zero-order valence-electron chi connectivity index (χ0n) is 13.2. The number of carboxylic acid groups (broad SMARTS) is 1. The van der Waals surface area contributed by atoms with E-state index in [0.717, 1.165) is 25.7 Å². The molecule has 0 radical (unpaired) electrons. The standard InChI is InChI=1S/C16H26N2O4/c1-17-14(19)9-11-5-7-18(8-6-11)15(20)12-3-2-4-13(10-12)16(21)22/h11-13H,2-10H2,1H3,(H,17,19)(H,21,22). The van der Waals surface area contributed by atoms with Crippen LogP contribution in [0, 0.1) is 17.8 Å². The molecule has 0 aromatic heterocycles. The number of piperidine rings is 1. The fourth-order valence-corrected chi connectivity index (χ4v) is 3.62. The van der Waals surface area contributed by atoms with Crippen LogP contribution in [-0.2, 0) is 14.4 Å². The van der Waals surface area contributed by atoms with E-state index in [1.54, 1.807) is 7.05 Å². The first-order valence-corrected chi connectivity index (χ1v) is 8.23. The molecule has 2 N–H and O–H groups in total. The Hall–Kier alpha value is -1.59. The summed E-state index contributed by atoms with van der Waals surface area (Å²) in [7, 11) is 1.64. The second-order valence-electron chi connectivity index (χ2n) is 6.54. The highest BCUT2D eigenvalue weighted by atomic mass is 16.4. The number of amides is 2. The van der Waals surface area contributed by atoms with Crippen LogP contribution < -0.4 is 5.32 Å². The summed E-state index contributed by atoms with van der Waals surface area (Å²) in [5.41, 5.74) is 0. The molecule has 1 saturated heterocycles. The zero-order valence-corrected chi connectivity index (χ0v) is 13.2. The van der Waals surface area contributed by atoms with Gasteiger partial charge in [-0.05, 0) is 38.0 Å². The molecule has 2 aliphatic rings. The molecular formula is C16H26N2O4. The Balaban J connectivity index is 1.82. The number of carbonyl (C=O) groups excluding carboxylic acids is 2. The lowest BCUT2D eigenvalue weighted by Crippen LogP contribution is -2.44. The third kappa shape index (κ3) is 4.21. The van der Waals surface area contributed by atoms with Crippen molar-refractivity contribution >= 4 is 17.8 Å². The van der Waals surface area contributed by atoms with Crippen LogP contribution in [0.15, 0.2) is 0 Å². The summed E-state index contributed by atoms with van der Waals surface area (Å²) in [6.45, 7) is 1.38. The van der Waals surface area contributed by atoms with Crippen molar-refractivity contribution in [3.05, 3.63) is 0 Å². The zero-order chi connectivity index (χ0) is 16.1. The minimum Gasteiger partial charge on any atom is -0.481 e. The Morgan fingerprint density at radius 3 is 2.32 bits per heavy atom. The highest BCUT2D eigenvalue weighted by molar-refractivity contribution is 5.80. The number of nitrogens with one attached hydrogen (secondary N) is 1. The highest BCUT2D eigenvalue weighted by Crippen LogP contribution is 2.32. The van der Waals surface area contributed by atoms with Crippen molar-refractivity contribution in [3.63, 3.8) is 0 Å². The Labute approximate surface area is 131 Å². The Morgan fingerprint density at radius 1 is 1.09 bits per heavy atom. The van der Waals surface area contributed by atoms with Crippen molar-refractivity contribution in [1.29, 1.82) is 0 Å². The van der Waals surface area contributed by atoms with E-state index in [1.807, 2.05) is 4.90 Å². The number of aliphatic carboxylic acids is 1. The third-order valence-corrected chi connectivity index (χ3v) is 5.05. The summed E-state index contributed by atoms with van der Waals surface area (Å²) < 4.78 is 0. The first kappa shape index (κ1) is 16.8. The largest absolute Gasteiger partial charge is 0.481 e. The van der Waals surface area contributed by atoms with E-state index in [-0.39, 0.29) is 23.7 Å². The lowest BCUT2D eigenvalue weighted by Gasteiger charge is -2.36. The molecule has 2 fully saturated rings. The van der Waals surface area contributed by atoms with Gasteiger partial charge in [-0.2, -0.15) is 0 Å². The SMILES string of the molecule is CNC(=O)CC1CCN(C(=O)C2CCCC(C(=O)O)C2)CC1. The van der Waals surface area contributed by atoms with Crippen molar-refractivity contribution in [2.24, 2.45) is 17.8 Å². The molecule has 1 saturated carbocycles. The van der Waals surface area contributed by atoms with Gasteiger partial charge in [-0.3, -0.25) is 14.4 Å². The number of likely N-dealkylation sites (tertiary alicyclic amines) is 1. The molecule has 6 heteroatoms. The first-order chi connectivity index (χ1) is 10.5. The van der Waals surface area contributed by atoms with Crippen molar-refractivity contribution in [3.8, 4) is 0 Å². The number of nitrogens with zero attached hydrogens (tertiary/aromatic N) is 1. The molecule has 2 rings (SSSR count). The van der Waals surface area contributed by atoms with Crippen molar-refractivity contribution in [2.75, 3.05) is 20.1 Å². The van der Waals surface area contributed by atoms with E-state index in [0.29, 0.717) is 38.3 Å². The van der Waals surface area contributed by atoms with Gasteiger partial charge < -0.3 is 15.3 Å². The maximum Gasteiger partial charge on any atom is 0.306 e. The monoisotopic (exact) mass is 310 g/mol. The van der Waals surface area contributed by atoms with Crippen LogP contribution in [0.4, 0.5) is 0 Å². The van der Waals surface area contributed by atoms with Crippen LogP contribution in [0.25, 0.3) is 0 Å². The van der Waals surface area contributed by atoms with Gasteiger partial charge in [0.1, 0.15) is 0 Å². The van der Waals surface area contributed by atoms with Crippen molar-refractivity contribution < 1.29 is 19.5 Å². The summed E-state index contributed by atoms with van der Waals surface area (Å²) in [5.74, 6) is -0.756. The summed E-state index contributed by atoms with van der Waals surface area (Å²) in [4.78, 5) is 36.9. The summed E-state index contributed by atoms with van der Waals surface area (Å²) in [6.07, 6.45) is 5.03. The maximum absolute atomic E-state index is 12.6. The minimum absolute atomic E-state index is 0.0568. The fourth-order valence-electron chi connectivity index (χ4n) is 3.62. The predicted octanol–water partition coefficient (Wildman–Crippen LogP) is 1.25. The molecule has 1 heterocycles. The molecule has 2 atom stereocenters. The molecule has 0 aromatic rings. The summed E-state index contributed by atoms with van der Waals surface area (Å²) in [5, 5.41) is 11.8. The van der Waals surface area contributed by atoms with E-state index >= 15 is 0 Å². The maximum atomic E-state index is 12.6. The average molecular weight is 310 g/mol. The van der Waals surface area contributed by atoms with Gasteiger partial charge in [-0.15, -0.1) is 0 Å². The van der Waals surface area contributed by atoms with Gasteiger partial charge >= 0.3 is 5.97 Å². The lowest BCUT2D eigenvalue weighted by atomic mass is 9.80. The molecule has 22 heavy (non-hydrogen) atoms. The van der Waals surface area contributed by atoms with Gasteiger partial charge in [0.15, 0.2) is 0 Å². The first-order valence-electron chi connectivity index (χ1n) is 8.23. The van der Waals surface area contributed by atoms with E-state index in [2.05, 4.69) is 5.32 Å². The van der Waals surface area contributed by atoms with E-state index < -0.39 is 5.97 Å². The molecule has 124 valence electrons. The Kier molecular flexibility index (Phi) is 5.80. The summed E-state index contributed by atoms with van der Waals surface area (Å²) >= 11 is 0. The minimum atomic E-state index is -0.776. The fraction of sp³-hybridized carbons (Fsp3) is 0.812. The highest BCUT2D eigenvalue weighted by Gasteiger charge is 2.34. The lowest BCUT2D eigenvalue weighted by molar-refractivity contribution is -0.145. The van der Waals surface area contributed by atoms with Crippen LogP contribution in [0.5, 0.6) is 0 Å². The van der Waals surface area contributed by atoms with Crippen molar-refractivity contribution in [1.82, 2.24) is 10.2 Å². The van der Waals surface area contributed by atoms with E-state index in [1.165, 1.54) is 0 Å². The van der Waals surface area contributed by atoms with Crippen LogP contribution in [-0.4, -0.2) is 47.9 Å². The van der Waals surface area contributed by atoms with Crippen LogP contribution in [0.1, 0.15) is 44.9 Å². The van der Waals surface area contributed by atoms with Crippen LogP contribution >= 0.6 is 0 Å². The van der Waals surface area contributed by atoms with Gasteiger partial charge in [0.25, 0.3) is 0 Å². The number of hydrogen-bond acceptors (Lipinski definition) is 3. The van der Waals surface area contributed by atoms with Gasteiger partial charge in [0.05, 0.1) is 5.92 Å². The molecule has 0 spiro atoms. The number of hydrogen-bond donors (Lipinski definition) is 2. The Morgan fingerprint density at radius 2 is 1.73 bits per heavy atom. The second kappa shape index (κ2) is 7.61. The molecule has 2 amide bonds. The predicted molar refractivity (Wildman–Crippen MR) is 81.1 cm³/mol. The molecule has 1 aliphatic heterocycles. The van der Waals surface area contributed by atoms with E-state index in [9.17, 15) is 14.4 Å². The topological polar surface area (TPSA) is 86.7 Å². The van der Waals surface area contributed by atoms with Gasteiger partial charge in [-0.1, -0.05) is 6.42 Å². The average Bonchev–Trinajstić information content (AvgIpc) is 2.55.